The van der Waals surface area contributed by atoms with Crippen LogP contribution in [0.15, 0.2) is 18.6 Å². The first-order chi connectivity index (χ1) is 8.55. The maximum Gasteiger partial charge on any atom is 0.180 e. The van der Waals surface area contributed by atoms with Gasteiger partial charge in [-0.1, -0.05) is 13.8 Å². The smallest absolute Gasteiger partial charge is 0.180 e. The number of hydrogen-bond donors (Lipinski definition) is 1. The molecule has 96 valence electrons. The minimum absolute atomic E-state index is 0.327. The summed E-state index contributed by atoms with van der Waals surface area (Å²) in [5.41, 5.74) is 7.09. The van der Waals surface area contributed by atoms with Crippen LogP contribution < -0.4 is 10.6 Å². The molecular weight excluding hydrogens is 226 g/mol. The number of aromatic nitrogens is 3. The van der Waals surface area contributed by atoms with Crippen LogP contribution >= 0.6 is 0 Å². The molecule has 0 amide bonds. The molecule has 0 aliphatic carbocycles. The Morgan fingerprint density at radius 2 is 2.22 bits per heavy atom. The molecule has 0 saturated carbocycles. The molecule has 0 atom stereocenters. The average Bonchev–Trinajstić information content (AvgIpc) is 2.74. The van der Waals surface area contributed by atoms with E-state index in [1.165, 1.54) is 12.8 Å². The standard InChI is InChI=1S/C13H19N5/c1-13(2)4-3-6-18(9-13)12-11-15-5-7-17(11)8-10(14)16-12/h5,7-8H,3-4,6,9,14H2,1-2H3. The molecule has 0 unspecified atom stereocenters. The molecule has 0 spiro atoms. The third-order valence-corrected chi connectivity index (χ3v) is 3.58. The average molecular weight is 245 g/mol. The summed E-state index contributed by atoms with van der Waals surface area (Å²) in [6.07, 6.45) is 7.95. The number of nitrogen functional groups attached to an aromatic ring is 1. The Bertz CT molecular complexity index is 572. The van der Waals surface area contributed by atoms with Crippen LogP contribution in [0.2, 0.25) is 0 Å². The monoisotopic (exact) mass is 245 g/mol. The molecule has 5 heteroatoms. The molecule has 1 aliphatic heterocycles. The van der Waals surface area contributed by atoms with E-state index in [9.17, 15) is 0 Å². The number of imidazole rings is 1. The second kappa shape index (κ2) is 3.86. The quantitative estimate of drug-likeness (QED) is 0.834. The van der Waals surface area contributed by atoms with E-state index in [-0.39, 0.29) is 0 Å². The number of hydrogen-bond acceptors (Lipinski definition) is 4. The van der Waals surface area contributed by atoms with Crippen LogP contribution in [0.1, 0.15) is 26.7 Å². The van der Waals surface area contributed by atoms with E-state index >= 15 is 0 Å². The summed E-state index contributed by atoms with van der Waals surface area (Å²) < 4.78 is 1.94. The Labute approximate surface area is 107 Å². The largest absolute Gasteiger partial charge is 0.382 e. The van der Waals surface area contributed by atoms with Crippen molar-refractivity contribution in [3.05, 3.63) is 18.6 Å². The predicted molar refractivity (Wildman–Crippen MR) is 72.6 cm³/mol. The predicted octanol–water partition coefficient (Wildman–Crippen LogP) is 1.94. The Balaban J connectivity index is 2.05. The zero-order valence-electron chi connectivity index (χ0n) is 10.9. The molecule has 2 aromatic heterocycles. The van der Waals surface area contributed by atoms with E-state index in [2.05, 4.69) is 28.7 Å². The first-order valence-corrected chi connectivity index (χ1v) is 6.39. The lowest BCUT2D eigenvalue weighted by Crippen LogP contribution is -2.40. The van der Waals surface area contributed by atoms with Gasteiger partial charge in [0.25, 0.3) is 0 Å². The maximum absolute atomic E-state index is 5.87. The SMILES string of the molecule is CC1(C)CCCN(c2nc(N)cn3ccnc23)C1. The van der Waals surface area contributed by atoms with Gasteiger partial charge in [0.05, 0.1) is 6.20 Å². The highest BCUT2D eigenvalue weighted by Gasteiger charge is 2.28. The van der Waals surface area contributed by atoms with Gasteiger partial charge in [0, 0.05) is 25.5 Å². The van der Waals surface area contributed by atoms with Crippen molar-refractivity contribution in [2.45, 2.75) is 26.7 Å². The number of rotatable bonds is 1. The second-order valence-corrected chi connectivity index (χ2v) is 5.84. The van der Waals surface area contributed by atoms with Crippen LogP contribution in [0.5, 0.6) is 0 Å². The van der Waals surface area contributed by atoms with Gasteiger partial charge in [0.2, 0.25) is 0 Å². The van der Waals surface area contributed by atoms with Gasteiger partial charge in [0.1, 0.15) is 5.82 Å². The first-order valence-electron chi connectivity index (χ1n) is 6.39. The van der Waals surface area contributed by atoms with E-state index in [1.807, 2.05) is 10.6 Å². The Hall–Kier alpha value is -1.78. The number of piperidine rings is 1. The lowest BCUT2D eigenvalue weighted by molar-refractivity contribution is 0.292. The molecular formula is C13H19N5. The number of nitrogens with two attached hydrogens (primary N) is 1. The van der Waals surface area contributed by atoms with Crippen LogP contribution in [0.3, 0.4) is 0 Å². The molecule has 0 aromatic carbocycles. The van der Waals surface area contributed by atoms with Crippen molar-refractivity contribution in [3.8, 4) is 0 Å². The van der Waals surface area contributed by atoms with E-state index < -0.39 is 0 Å². The lowest BCUT2D eigenvalue weighted by Gasteiger charge is -2.38. The van der Waals surface area contributed by atoms with E-state index in [0.29, 0.717) is 11.2 Å². The molecule has 1 fully saturated rings. The maximum atomic E-state index is 5.87. The second-order valence-electron chi connectivity index (χ2n) is 5.84. The third kappa shape index (κ3) is 1.89. The Morgan fingerprint density at radius 3 is 3.00 bits per heavy atom. The molecule has 2 aromatic rings. The van der Waals surface area contributed by atoms with Gasteiger partial charge in [-0.25, -0.2) is 9.97 Å². The fraction of sp³-hybridized carbons (Fsp3) is 0.538. The van der Waals surface area contributed by atoms with Crippen LogP contribution in [0, 0.1) is 5.41 Å². The van der Waals surface area contributed by atoms with Crippen molar-refractivity contribution in [1.29, 1.82) is 0 Å². The van der Waals surface area contributed by atoms with E-state index in [0.717, 1.165) is 24.6 Å². The molecule has 18 heavy (non-hydrogen) atoms. The minimum atomic E-state index is 0.327. The van der Waals surface area contributed by atoms with Gasteiger partial charge in [-0.05, 0) is 18.3 Å². The molecule has 3 rings (SSSR count). The highest BCUT2D eigenvalue weighted by molar-refractivity contribution is 5.66. The van der Waals surface area contributed by atoms with Gasteiger partial charge in [-0.15, -0.1) is 0 Å². The minimum Gasteiger partial charge on any atom is -0.382 e. The topological polar surface area (TPSA) is 59.5 Å². The number of anilines is 2. The number of fused-ring (bicyclic) bond motifs is 1. The molecule has 5 nitrogen and oxygen atoms in total. The summed E-state index contributed by atoms with van der Waals surface area (Å²) >= 11 is 0. The molecule has 2 N–H and O–H groups in total. The van der Waals surface area contributed by atoms with Gasteiger partial charge in [-0.2, -0.15) is 0 Å². The summed E-state index contributed by atoms with van der Waals surface area (Å²) in [5.74, 6) is 1.45. The Kier molecular flexibility index (Phi) is 2.43. The van der Waals surface area contributed by atoms with Crippen molar-refractivity contribution >= 4 is 17.3 Å². The van der Waals surface area contributed by atoms with Gasteiger partial charge >= 0.3 is 0 Å². The van der Waals surface area contributed by atoms with Crippen LogP contribution in [0.25, 0.3) is 5.65 Å². The molecule has 0 radical (unpaired) electrons. The summed E-state index contributed by atoms with van der Waals surface area (Å²) in [5, 5.41) is 0. The van der Waals surface area contributed by atoms with Crippen LogP contribution in [-0.2, 0) is 0 Å². The molecule has 1 saturated heterocycles. The fourth-order valence-electron chi connectivity index (χ4n) is 2.75. The third-order valence-electron chi connectivity index (χ3n) is 3.58. The van der Waals surface area contributed by atoms with Gasteiger partial charge in [0.15, 0.2) is 11.5 Å². The van der Waals surface area contributed by atoms with Gasteiger partial charge < -0.3 is 15.0 Å². The molecule has 3 heterocycles. The summed E-state index contributed by atoms with van der Waals surface area (Å²) in [4.78, 5) is 11.2. The highest BCUT2D eigenvalue weighted by atomic mass is 15.2. The molecule has 0 bridgehead atoms. The van der Waals surface area contributed by atoms with Crippen LogP contribution in [-0.4, -0.2) is 27.5 Å². The van der Waals surface area contributed by atoms with Crippen molar-refractivity contribution in [3.63, 3.8) is 0 Å². The normalized spacial score (nSPS) is 19.3. The zero-order chi connectivity index (χ0) is 12.8. The van der Waals surface area contributed by atoms with Crippen molar-refractivity contribution in [2.75, 3.05) is 23.7 Å². The highest BCUT2D eigenvalue weighted by Crippen LogP contribution is 2.32. The zero-order valence-corrected chi connectivity index (χ0v) is 10.9. The number of nitrogens with zero attached hydrogens (tertiary/aromatic N) is 4. The fourth-order valence-corrected chi connectivity index (χ4v) is 2.75. The summed E-state index contributed by atoms with van der Waals surface area (Å²) in [7, 11) is 0. The van der Waals surface area contributed by atoms with Gasteiger partial charge in [-0.3, -0.25) is 0 Å². The Morgan fingerprint density at radius 1 is 1.39 bits per heavy atom. The molecule has 1 aliphatic rings. The van der Waals surface area contributed by atoms with Crippen molar-refractivity contribution in [2.24, 2.45) is 5.41 Å². The summed E-state index contributed by atoms with van der Waals surface area (Å²) in [6.45, 7) is 6.64. The summed E-state index contributed by atoms with van der Waals surface area (Å²) in [6, 6.07) is 0. The van der Waals surface area contributed by atoms with Crippen LogP contribution in [0.4, 0.5) is 11.6 Å². The van der Waals surface area contributed by atoms with Crippen molar-refractivity contribution < 1.29 is 0 Å². The van der Waals surface area contributed by atoms with Crippen molar-refractivity contribution in [1.82, 2.24) is 14.4 Å². The lowest BCUT2D eigenvalue weighted by atomic mass is 9.84. The first kappa shape index (κ1) is 11.3. The van der Waals surface area contributed by atoms with E-state index in [4.69, 9.17) is 5.73 Å². The van der Waals surface area contributed by atoms with E-state index in [1.54, 1.807) is 12.4 Å².